The number of hydrogen-bond acceptors (Lipinski definition) is 4. The minimum Gasteiger partial charge on any atom is -0.379 e. The predicted molar refractivity (Wildman–Crippen MR) is 114 cm³/mol. The Bertz CT molecular complexity index is 906. The van der Waals surface area contributed by atoms with Crippen molar-refractivity contribution < 1.29 is 0 Å². The van der Waals surface area contributed by atoms with Crippen LogP contribution in [0.3, 0.4) is 0 Å². The van der Waals surface area contributed by atoms with Gasteiger partial charge in [0.25, 0.3) is 0 Å². The predicted octanol–water partition coefficient (Wildman–Crippen LogP) is 7.55. The van der Waals surface area contributed by atoms with Crippen LogP contribution in [0.2, 0.25) is 5.15 Å². The summed E-state index contributed by atoms with van der Waals surface area (Å²) >= 11 is 10.2. The van der Waals surface area contributed by atoms with Crippen LogP contribution in [0.5, 0.6) is 0 Å². The topological polar surface area (TPSA) is 24.9 Å². The molecule has 1 N–H and O–H groups in total. The molecule has 2 aliphatic rings. The van der Waals surface area contributed by atoms with Gasteiger partial charge in [-0.05, 0) is 54.5 Å². The van der Waals surface area contributed by atoms with Crippen molar-refractivity contribution in [2.24, 2.45) is 0 Å². The summed E-state index contributed by atoms with van der Waals surface area (Å²) in [5, 5.41) is 6.37. The molecule has 0 unspecified atom stereocenters. The molecule has 0 atom stereocenters. The fraction of sp³-hybridized carbons (Fsp3) is 0.476. The molecule has 0 aromatic carbocycles. The zero-order valence-electron chi connectivity index (χ0n) is 14.8. The quantitative estimate of drug-likeness (QED) is 0.445. The van der Waals surface area contributed by atoms with Gasteiger partial charge in [0.15, 0.2) is 0 Å². The third kappa shape index (κ3) is 3.28. The standard InChI is InChI=1S/C21H23ClN2S2/c22-17-11-16(23-12-15-7-4-10-25-15)21-19(24-17)18(13-8-9-13)20(26-21)14-5-2-1-3-6-14/h4,7,10-11,13-14H,1-3,5-6,8-9,12H2,(H,23,24). The third-order valence-electron chi connectivity index (χ3n) is 5.67. The number of nitrogens with zero attached hydrogens (tertiary/aromatic N) is 1. The molecule has 0 aliphatic heterocycles. The van der Waals surface area contributed by atoms with Gasteiger partial charge in [0.1, 0.15) is 5.15 Å². The van der Waals surface area contributed by atoms with Crippen molar-refractivity contribution in [1.82, 2.24) is 4.98 Å². The normalized spacial score (nSPS) is 18.5. The Morgan fingerprint density at radius 2 is 1.96 bits per heavy atom. The highest BCUT2D eigenvalue weighted by molar-refractivity contribution is 7.20. The maximum Gasteiger partial charge on any atom is 0.131 e. The van der Waals surface area contributed by atoms with E-state index in [4.69, 9.17) is 16.6 Å². The molecular formula is C21H23ClN2S2. The molecule has 2 fully saturated rings. The molecule has 2 saturated carbocycles. The van der Waals surface area contributed by atoms with E-state index < -0.39 is 0 Å². The van der Waals surface area contributed by atoms with Crippen LogP contribution in [0.4, 0.5) is 5.69 Å². The molecule has 0 saturated heterocycles. The van der Waals surface area contributed by atoms with Crippen molar-refractivity contribution in [3.05, 3.63) is 44.1 Å². The van der Waals surface area contributed by atoms with Gasteiger partial charge < -0.3 is 5.32 Å². The molecule has 2 aliphatic carbocycles. The minimum atomic E-state index is 0.612. The van der Waals surface area contributed by atoms with E-state index in [1.165, 1.54) is 60.0 Å². The first-order chi connectivity index (χ1) is 12.8. The summed E-state index contributed by atoms with van der Waals surface area (Å²) in [4.78, 5) is 7.76. The summed E-state index contributed by atoms with van der Waals surface area (Å²) in [7, 11) is 0. The number of anilines is 1. The molecule has 3 aromatic rings. The van der Waals surface area contributed by atoms with Gasteiger partial charge in [-0.2, -0.15) is 0 Å². The van der Waals surface area contributed by atoms with Crippen LogP contribution >= 0.6 is 34.3 Å². The van der Waals surface area contributed by atoms with Crippen molar-refractivity contribution in [2.45, 2.75) is 63.3 Å². The summed E-state index contributed by atoms with van der Waals surface area (Å²) < 4.78 is 1.31. The summed E-state index contributed by atoms with van der Waals surface area (Å²) in [6.45, 7) is 0.850. The maximum atomic E-state index is 6.43. The van der Waals surface area contributed by atoms with Gasteiger partial charge in [-0.15, -0.1) is 22.7 Å². The lowest BCUT2D eigenvalue weighted by Crippen LogP contribution is -2.04. The Labute approximate surface area is 167 Å². The van der Waals surface area contributed by atoms with Gasteiger partial charge in [-0.3, -0.25) is 0 Å². The fourth-order valence-electron chi connectivity index (χ4n) is 4.23. The van der Waals surface area contributed by atoms with Crippen LogP contribution in [0.1, 0.15) is 72.1 Å². The number of hydrogen-bond donors (Lipinski definition) is 1. The van der Waals surface area contributed by atoms with Gasteiger partial charge >= 0.3 is 0 Å². The summed E-state index contributed by atoms with van der Waals surface area (Å²) in [6, 6.07) is 6.29. The largest absolute Gasteiger partial charge is 0.379 e. The van der Waals surface area contributed by atoms with Crippen LogP contribution in [-0.2, 0) is 6.54 Å². The number of thiophene rings is 2. The van der Waals surface area contributed by atoms with E-state index >= 15 is 0 Å². The van der Waals surface area contributed by atoms with E-state index in [1.807, 2.05) is 17.4 Å². The average Bonchev–Trinajstić information content (AvgIpc) is 3.22. The highest BCUT2D eigenvalue weighted by Gasteiger charge is 2.34. The Kier molecular flexibility index (Phi) is 4.68. The van der Waals surface area contributed by atoms with Crippen molar-refractivity contribution in [2.75, 3.05) is 5.32 Å². The molecule has 0 amide bonds. The number of aromatic nitrogens is 1. The second-order valence-electron chi connectivity index (χ2n) is 7.59. The highest BCUT2D eigenvalue weighted by Crippen LogP contribution is 2.53. The summed E-state index contributed by atoms with van der Waals surface area (Å²) in [6.07, 6.45) is 9.48. The van der Waals surface area contributed by atoms with Crippen molar-refractivity contribution in [3.8, 4) is 0 Å². The Balaban J connectivity index is 1.57. The lowest BCUT2D eigenvalue weighted by molar-refractivity contribution is 0.446. The monoisotopic (exact) mass is 402 g/mol. The van der Waals surface area contributed by atoms with Gasteiger partial charge in [0.2, 0.25) is 0 Å². The number of fused-ring (bicyclic) bond motifs is 1. The number of rotatable bonds is 5. The van der Waals surface area contributed by atoms with Gasteiger partial charge in [-0.1, -0.05) is 36.9 Å². The second-order valence-corrected chi connectivity index (χ2v) is 10.1. The maximum absolute atomic E-state index is 6.43. The second kappa shape index (κ2) is 7.14. The summed E-state index contributed by atoms with van der Waals surface area (Å²) in [5.74, 6) is 1.46. The number of nitrogens with one attached hydrogen (secondary N) is 1. The van der Waals surface area contributed by atoms with Crippen LogP contribution < -0.4 is 5.32 Å². The molecule has 2 nitrogen and oxygen atoms in total. The van der Waals surface area contributed by atoms with Crippen LogP contribution in [0.15, 0.2) is 23.6 Å². The zero-order chi connectivity index (χ0) is 17.5. The Morgan fingerprint density at radius 1 is 1.12 bits per heavy atom. The average molecular weight is 403 g/mol. The van der Waals surface area contributed by atoms with Crippen molar-refractivity contribution >= 4 is 50.2 Å². The first-order valence-electron chi connectivity index (χ1n) is 9.68. The van der Waals surface area contributed by atoms with Gasteiger partial charge in [0, 0.05) is 22.4 Å². The molecule has 5 rings (SSSR count). The van der Waals surface area contributed by atoms with Gasteiger partial charge in [-0.25, -0.2) is 4.98 Å². The van der Waals surface area contributed by atoms with Crippen LogP contribution in [-0.4, -0.2) is 4.98 Å². The van der Waals surface area contributed by atoms with E-state index in [-0.39, 0.29) is 0 Å². The molecule has 136 valence electrons. The third-order valence-corrected chi connectivity index (χ3v) is 8.13. The zero-order valence-corrected chi connectivity index (χ0v) is 17.2. The molecule has 3 aromatic heterocycles. The lowest BCUT2D eigenvalue weighted by Gasteiger charge is -2.21. The van der Waals surface area contributed by atoms with Crippen molar-refractivity contribution in [3.63, 3.8) is 0 Å². The SMILES string of the molecule is Clc1cc(NCc2cccs2)c2sc(C3CCCCC3)c(C3CC3)c2n1. The molecule has 3 heterocycles. The van der Waals surface area contributed by atoms with E-state index in [2.05, 4.69) is 22.8 Å². The molecule has 26 heavy (non-hydrogen) atoms. The molecule has 5 heteroatoms. The first-order valence-corrected chi connectivity index (χ1v) is 11.8. The van der Waals surface area contributed by atoms with E-state index in [0.29, 0.717) is 5.15 Å². The first kappa shape index (κ1) is 17.0. The Morgan fingerprint density at radius 3 is 2.69 bits per heavy atom. The van der Waals surface area contributed by atoms with E-state index in [0.717, 1.165) is 24.1 Å². The molecular weight excluding hydrogens is 380 g/mol. The smallest absolute Gasteiger partial charge is 0.131 e. The van der Waals surface area contributed by atoms with E-state index in [9.17, 15) is 0 Å². The fourth-order valence-corrected chi connectivity index (χ4v) is 6.56. The number of halogens is 1. The minimum absolute atomic E-state index is 0.612. The molecule has 0 radical (unpaired) electrons. The molecule has 0 bridgehead atoms. The molecule has 0 spiro atoms. The van der Waals surface area contributed by atoms with Crippen LogP contribution in [0.25, 0.3) is 10.2 Å². The van der Waals surface area contributed by atoms with E-state index in [1.54, 1.807) is 21.8 Å². The Hall–Kier alpha value is -1.10. The highest BCUT2D eigenvalue weighted by atomic mass is 35.5. The summed E-state index contributed by atoms with van der Waals surface area (Å²) in [5.41, 5.74) is 3.88. The number of pyridine rings is 1. The van der Waals surface area contributed by atoms with Crippen molar-refractivity contribution in [1.29, 1.82) is 0 Å². The lowest BCUT2D eigenvalue weighted by atomic mass is 9.86. The van der Waals surface area contributed by atoms with Crippen LogP contribution in [0, 0.1) is 0 Å². The van der Waals surface area contributed by atoms with Gasteiger partial charge in [0.05, 0.1) is 15.9 Å².